The fourth-order valence-electron chi connectivity index (χ4n) is 2.16. The number of carbonyl (C=O) groups is 2. The highest BCUT2D eigenvalue weighted by atomic mass is 32.1. The van der Waals surface area contributed by atoms with E-state index in [4.69, 9.17) is 22.1 Å². The summed E-state index contributed by atoms with van der Waals surface area (Å²) in [7, 11) is 0. The lowest BCUT2D eigenvalue weighted by Gasteiger charge is -2.12. The highest BCUT2D eigenvalue weighted by Crippen LogP contribution is 2.17. The zero-order valence-electron chi connectivity index (χ0n) is 13.8. The molecule has 1 amide bonds. The highest BCUT2D eigenvalue weighted by molar-refractivity contribution is 7.80. The van der Waals surface area contributed by atoms with E-state index in [0.717, 1.165) is 0 Å². The highest BCUT2D eigenvalue weighted by Gasteiger charge is 2.11. The normalized spacial score (nSPS) is 10.0. The van der Waals surface area contributed by atoms with E-state index in [1.54, 1.807) is 37.3 Å². The molecule has 7 heteroatoms. The smallest absolute Gasteiger partial charge is 0.335 e. The second-order valence-electron chi connectivity index (χ2n) is 5.20. The lowest BCUT2D eigenvalue weighted by atomic mass is 10.1. The third kappa shape index (κ3) is 5.02. The van der Waals surface area contributed by atoms with Crippen LogP contribution in [0.1, 0.15) is 33.2 Å². The van der Waals surface area contributed by atoms with E-state index in [0.29, 0.717) is 29.2 Å². The molecule has 0 bridgehead atoms. The lowest BCUT2D eigenvalue weighted by Crippen LogP contribution is -2.34. The van der Waals surface area contributed by atoms with E-state index < -0.39 is 5.97 Å². The molecule has 0 heterocycles. The average Bonchev–Trinajstić information content (AvgIpc) is 2.57. The van der Waals surface area contributed by atoms with Crippen LogP contribution in [0, 0.1) is 6.92 Å². The molecule has 6 nitrogen and oxygen atoms in total. The molecule has 25 heavy (non-hydrogen) atoms. The first kappa shape index (κ1) is 18.4. The van der Waals surface area contributed by atoms with Gasteiger partial charge in [-0.25, -0.2) is 4.79 Å². The number of rotatable bonds is 5. The summed E-state index contributed by atoms with van der Waals surface area (Å²) in [6.07, 6.45) is 0. The molecule has 0 aliphatic heterocycles. The summed E-state index contributed by atoms with van der Waals surface area (Å²) in [4.78, 5) is 23.2. The van der Waals surface area contributed by atoms with Gasteiger partial charge in [-0.2, -0.15) is 0 Å². The standard InChI is InChI=1S/C18H18N2O4S/c1-3-24-14-6-4-5-12(10-14)16(21)20-18(25)19-15-8-7-13(17(22)23)9-11(15)2/h4-10H,3H2,1-2H3,(H,22,23)(H2,19,20,21,25). The Kier molecular flexibility index (Phi) is 6.08. The first-order valence-corrected chi connectivity index (χ1v) is 8.00. The number of anilines is 1. The number of thiocarbonyl (C=S) groups is 1. The van der Waals surface area contributed by atoms with Crippen molar-refractivity contribution in [2.75, 3.05) is 11.9 Å². The van der Waals surface area contributed by atoms with Gasteiger partial charge >= 0.3 is 5.97 Å². The summed E-state index contributed by atoms with van der Waals surface area (Å²) in [6.45, 7) is 4.13. The van der Waals surface area contributed by atoms with Crippen molar-refractivity contribution in [2.24, 2.45) is 0 Å². The van der Waals surface area contributed by atoms with Gasteiger partial charge in [0.15, 0.2) is 5.11 Å². The second kappa shape index (κ2) is 8.25. The topological polar surface area (TPSA) is 87.7 Å². The van der Waals surface area contributed by atoms with Crippen molar-refractivity contribution in [3.63, 3.8) is 0 Å². The first-order chi connectivity index (χ1) is 11.9. The van der Waals surface area contributed by atoms with Crippen LogP contribution in [0.5, 0.6) is 5.75 Å². The van der Waals surface area contributed by atoms with Crippen LogP contribution < -0.4 is 15.4 Å². The zero-order valence-corrected chi connectivity index (χ0v) is 14.6. The number of hydrogen-bond acceptors (Lipinski definition) is 4. The minimum absolute atomic E-state index is 0.123. The second-order valence-corrected chi connectivity index (χ2v) is 5.61. The number of ether oxygens (including phenoxy) is 1. The maximum atomic E-state index is 12.3. The predicted octanol–water partition coefficient (Wildman–Crippen LogP) is 3.22. The number of aryl methyl sites for hydroxylation is 1. The van der Waals surface area contributed by atoms with Crippen molar-refractivity contribution in [1.29, 1.82) is 0 Å². The molecule has 0 aliphatic rings. The number of benzene rings is 2. The molecule has 0 aromatic heterocycles. The van der Waals surface area contributed by atoms with Gasteiger partial charge in [-0.3, -0.25) is 10.1 Å². The molecule has 0 spiro atoms. The van der Waals surface area contributed by atoms with E-state index in [9.17, 15) is 9.59 Å². The van der Waals surface area contributed by atoms with E-state index in [2.05, 4.69) is 10.6 Å². The Bertz CT molecular complexity index is 820. The van der Waals surface area contributed by atoms with Crippen molar-refractivity contribution in [1.82, 2.24) is 5.32 Å². The molecule has 2 rings (SSSR count). The van der Waals surface area contributed by atoms with Gasteiger partial charge in [0.05, 0.1) is 12.2 Å². The summed E-state index contributed by atoms with van der Waals surface area (Å²) >= 11 is 5.15. The van der Waals surface area contributed by atoms with Crippen LogP contribution in [-0.4, -0.2) is 28.7 Å². The minimum atomic E-state index is -1.00. The Morgan fingerprint density at radius 3 is 2.56 bits per heavy atom. The quantitative estimate of drug-likeness (QED) is 0.712. The van der Waals surface area contributed by atoms with E-state index in [-0.39, 0.29) is 16.6 Å². The predicted molar refractivity (Wildman–Crippen MR) is 99.4 cm³/mol. The molecule has 130 valence electrons. The number of carboxylic acids is 1. The number of carbonyl (C=O) groups excluding carboxylic acids is 1. The Morgan fingerprint density at radius 1 is 1.16 bits per heavy atom. The van der Waals surface area contributed by atoms with Gasteiger partial charge in [0.25, 0.3) is 5.91 Å². The average molecular weight is 358 g/mol. The van der Waals surface area contributed by atoms with Gasteiger partial charge in [0.2, 0.25) is 0 Å². The molecule has 0 unspecified atom stereocenters. The fraction of sp³-hybridized carbons (Fsp3) is 0.167. The van der Waals surface area contributed by atoms with E-state index >= 15 is 0 Å². The number of nitrogens with one attached hydrogen (secondary N) is 2. The lowest BCUT2D eigenvalue weighted by molar-refractivity contribution is 0.0696. The van der Waals surface area contributed by atoms with Crippen molar-refractivity contribution in [2.45, 2.75) is 13.8 Å². The van der Waals surface area contributed by atoms with Crippen LogP contribution in [0.4, 0.5) is 5.69 Å². The van der Waals surface area contributed by atoms with Crippen LogP contribution in [0.25, 0.3) is 0 Å². The van der Waals surface area contributed by atoms with Crippen molar-refractivity contribution in [3.05, 3.63) is 59.2 Å². The zero-order chi connectivity index (χ0) is 18.4. The Hall–Kier alpha value is -2.93. The molecule has 3 N–H and O–H groups in total. The van der Waals surface area contributed by atoms with Crippen molar-refractivity contribution >= 4 is 34.9 Å². The Labute approximate surface area is 150 Å². The summed E-state index contributed by atoms with van der Waals surface area (Å²) in [6, 6.07) is 11.4. The van der Waals surface area contributed by atoms with Gasteiger partial charge in [-0.05, 0) is 68.0 Å². The molecule has 2 aromatic rings. The van der Waals surface area contributed by atoms with E-state index in [1.165, 1.54) is 12.1 Å². The van der Waals surface area contributed by atoms with Crippen LogP contribution >= 0.6 is 12.2 Å². The molecule has 0 radical (unpaired) electrons. The van der Waals surface area contributed by atoms with Gasteiger partial charge in [0, 0.05) is 11.3 Å². The summed E-state index contributed by atoms with van der Waals surface area (Å²) in [5.41, 5.74) is 1.94. The molecule has 0 aliphatic carbocycles. The van der Waals surface area contributed by atoms with Crippen LogP contribution in [0.2, 0.25) is 0 Å². The van der Waals surface area contributed by atoms with Crippen molar-refractivity contribution < 1.29 is 19.4 Å². The number of hydrogen-bond donors (Lipinski definition) is 3. The maximum Gasteiger partial charge on any atom is 0.335 e. The van der Waals surface area contributed by atoms with Gasteiger partial charge < -0.3 is 15.2 Å². The van der Waals surface area contributed by atoms with Crippen LogP contribution in [0.15, 0.2) is 42.5 Å². The minimum Gasteiger partial charge on any atom is -0.494 e. The maximum absolute atomic E-state index is 12.3. The molecule has 0 atom stereocenters. The third-order valence-corrected chi connectivity index (χ3v) is 3.56. The van der Waals surface area contributed by atoms with Gasteiger partial charge in [0.1, 0.15) is 5.75 Å². The summed E-state index contributed by atoms with van der Waals surface area (Å²) in [5.74, 6) is -0.757. The van der Waals surface area contributed by atoms with Gasteiger partial charge in [-0.15, -0.1) is 0 Å². The molecule has 0 fully saturated rings. The Morgan fingerprint density at radius 2 is 1.92 bits per heavy atom. The van der Waals surface area contributed by atoms with Crippen LogP contribution in [-0.2, 0) is 0 Å². The summed E-state index contributed by atoms with van der Waals surface area (Å²) < 4.78 is 5.37. The molecular formula is C18H18N2O4S. The van der Waals surface area contributed by atoms with Crippen molar-refractivity contribution in [3.8, 4) is 5.75 Å². The SMILES string of the molecule is CCOc1cccc(C(=O)NC(=S)Nc2ccc(C(=O)O)cc2C)c1. The molecule has 0 saturated heterocycles. The molecular weight excluding hydrogens is 340 g/mol. The number of amides is 1. The molecule has 2 aromatic carbocycles. The largest absolute Gasteiger partial charge is 0.494 e. The Balaban J connectivity index is 2.03. The third-order valence-electron chi connectivity index (χ3n) is 3.36. The number of aromatic carboxylic acids is 1. The number of carboxylic acid groups (broad SMARTS) is 1. The first-order valence-electron chi connectivity index (χ1n) is 7.60. The summed E-state index contributed by atoms with van der Waals surface area (Å²) in [5, 5.41) is 14.6. The van der Waals surface area contributed by atoms with E-state index in [1.807, 2.05) is 6.92 Å². The fourth-order valence-corrected chi connectivity index (χ4v) is 2.36. The molecule has 0 saturated carbocycles. The van der Waals surface area contributed by atoms with Gasteiger partial charge in [-0.1, -0.05) is 6.07 Å². The monoisotopic (exact) mass is 358 g/mol. The van der Waals surface area contributed by atoms with Crippen LogP contribution in [0.3, 0.4) is 0 Å².